The molecule has 0 amide bonds. The van der Waals surface area contributed by atoms with Gasteiger partial charge in [0.05, 0.1) is 23.4 Å². The van der Waals surface area contributed by atoms with Crippen LogP contribution in [-0.4, -0.2) is 31.2 Å². The molecule has 2 aromatic heterocycles. The van der Waals surface area contributed by atoms with Crippen LogP contribution in [0, 0.1) is 12.7 Å². The number of fused-ring (bicyclic) bond motifs is 1. The van der Waals surface area contributed by atoms with Crippen LogP contribution in [-0.2, 0) is 11.3 Å². The van der Waals surface area contributed by atoms with Crippen LogP contribution in [0.25, 0.3) is 5.69 Å². The third-order valence-corrected chi connectivity index (χ3v) is 5.63. The van der Waals surface area contributed by atoms with Crippen molar-refractivity contribution in [1.29, 1.82) is 0 Å². The first-order valence-electron chi connectivity index (χ1n) is 9.90. The minimum atomic E-state index is -0.304. The van der Waals surface area contributed by atoms with Crippen molar-refractivity contribution in [2.75, 3.05) is 11.9 Å². The lowest BCUT2D eigenvalue weighted by atomic mass is 10.1. The van der Waals surface area contributed by atoms with E-state index in [9.17, 15) is 9.18 Å². The normalized spacial score (nSPS) is 15.4. The van der Waals surface area contributed by atoms with Crippen molar-refractivity contribution in [3.8, 4) is 5.69 Å². The summed E-state index contributed by atoms with van der Waals surface area (Å²) in [6.07, 6.45) is 1.52. The summed E-state index contributed by atoms with van der Waals surface area (Å²) >= 11 is 6.41. The number of benzene rings is 2. The number of nitrogens with one attached hydrogen (secondary N) is 1. The maximum Gasteiger partial charge on any atom is 0.271 e. The molecule has 10 heteroatoms. The lowest BCUT2D eigenvalue weighted by Crippen LogP contribution is -2.26. The smallest absolute Gasteiger partial charge is 0.271 e. The Morgan fingerprint density at radius 1 is 1.19 bits per heavy atom. The first-order valence-corrected chi connectivity index (χ1v) is 10.3. The summed E-state index contributed by atoms with van der Waals surface area (Å²) in [5.41, 5.74) is 2.58. The van der Waals surface area contributed by atoms with E-state index in [1.54, 1.807) is 30.3 Å². The summed E-state index contributed by atoms with van der Waals surface area (Å²) in [6.45, 7) is 2.62. The molecular formula is C22H18ClFN6O2. The molecular weight excluding hydrogens is 435 g/mol. The van der Waals surface area contributed by atoms with Gasteiger partial charge in [0.15, 0.2) is 5.82 Å². The van der Waals surface area contributed by atoms with Crippen LogP contribution in [0.15, 0.2) is 59.5 Å². The predicted octanol–water partition coefficient (Wildman–Crippen LogP) is 3.79. The summed E-state index contributed by atoms with van der Waals surface area (Å²) in [4.78, 5) is 12.3. The van der Waals surface area contributed by atoms with Crippen molar-refractivity contribution in [3.63, 3.8) is 0 Å². The van der Waals surface area contributed by atoms with E-state index in [0.29, 0.717) is 41.4 Å². The van der Waals surface area contributed by atoms with Crippen LogP contribution < -0.4 is 10.9 Å². The summed E-state index contributed by atoms with van der Waals surface area (Å²) in [5, 5.41) is 16.4. The Hall–Kier alpha value is -3.56. The Morgan fingerprint density at radius 2 is 2.00 bits per heavy atom. The molecule has 0 radical (unpaired) electrons. The summed E-state index contributed by atoms with van der Waals surface area (Å²) in [7, 11) is 0. The zero-order valence-corrected chi connectivity index (χ0v) is 17.8. The molecule has 0 spiro atoms. The highest BCUT2D eigenvalue weighted by molar-refractivity contribution is 6.32. The number of halogens is 2. The van der Waals surface area contributed by atoms with Gasteiger partial charge in [0.25, 0.3) is 5.56 Å². The molecule has 3 heterocycles. The van der Waals surface area contributed by atoms with Crippen LogP contribution >= 0.6 is 11.6 Å². The fourth-order valence-corrected chi connectivity index (χ4v) is 4.02. The lowest BCUT2D eigenvalue weighted by Gasteiger charge is -2.27. The van der Waals surface area contributed by atoms with Gasteiger partial charge in [-0.25, -0.2) is 4.39 Å². The van der Waals surface area contributed by atoms with E-state index >= 15 is 0 Å². The zero-order chi connectivity index (χ0) is 22.2. The molecule has 0 saturated carbocycles. The number of ether oxygens (including phenoxy) is 1. The summed E-state index contributed by atoms with van der Waals surface area (Å²) in [5.74, 6) is 0.852. The third-order valence-electron chi connectivity index (χ3n) is 5.32. The molecule has 8 nitrogen and oxygen atoms in total. The monoisotopic (exact) mass is 452 g/mol. The maximum absolute atomic E-state index is 13.4. The number of anilines is 2. The predicted molar refractivity (Wildman–Crippen MR) is 117 cm³/mol. The first-order chi connectivity index (χ1) is 15.5. The number of hydrogen-bond acceptors (Lipinski definition) is 6. The fourth-order valence-electron chi connectivity index (χ4n) is 3.72. The Kier molecular flexibility index (Phi) is 5.20. The molecule has 1 atom stereocenters. The zero-order valence-electron chi connectivity index (χ0n) is 17.0. The van der Waals surface area contributed by atoms with Gasteiger partial charge < -0.3 is 10.1 Å². The molecule has 2 aromatic carbocycles. The van der Waals surface area contributed by atoms with E-state index in [4.69, 9.17) is 16.3 Å². The number of hydrogen-bond donors (Lipinski definition) is 1. The van der Waals surface area contributed by atoms with Crippen LogP contribution in [0.2, 0.25) is 5.02 Å². The molecule has 5 rings (SSSR count). The van der Waals surface area contributed by atoms with Gasteiger partial charge in [-0.2, -0.15) is 9.78 Å². The van der Waals surface area contributed by atoms with E-state index in [-0.39, 0.29) is 17.4 Å². The standard InChI is InChI=1S/C22H18ClFN6O2/c1-13-9-16(23)18(30-21(31)3-2-8-25-30)10-17(13)26-22-28-27-20-12-32-11-19(29(20)22)14-4-6-15(24)7-5-14/h2-10,19H,11-12H2,1H3,(H,26,28)/t19-/m0/s1. The van der Waals surface area contributed by atoms with E-state index in [0.717, 1.165) is 11.1 Å². The molecule has 0 unspecified atom stereocenters. The second kappa shape index (κ2) is 8.18. The molecule has 4 aromatic rings. The van der Waals surface area contributed by atoms with Gasteiger partial charge in [0.2, 0.25) is 5.95 Å². The van der Waals surface area contributed by atoms with Gasteiger partial charge >= 0.3 is 0 Å². The lowest BCUT2D eigenvalue weighted by molar-refractivity contribution is 0.0670. The number of aryl methyl sites for hydroxylation is 1. The molecule has 32 heavy (non-hydrogen) atoms. The second-order valence-corrected chi connectivity index (χ2v) is 7.82. The minimum Gasteiger partial charge on any atom is -0.371 e. The van der Waals surface area contributed by atoms with E-state index in [1.165, 1.54) is 29.1 Å². The van der Waals surface area contributed by atoms with Crippen LogP contribution in [0.4, 0.5) is 16.0 Å². The van der Waals surface area contributed by atoms with Gasteiger partial charge in [-0.15, -0.1) is 10.2 Å². The Bertz CT molecular complexity index is 1350. The number of aromatic nitrogens is 5. The average molecular weight is 453 g/mol. The van der Waals surface area contributed by atoms with E-state index < -0.39 is 0 Å². The Labute approximate surface area is 187 Å². The highest BCUT2D eigenvalue weighted by Gasteiger charge is 2.27. The molecule has 0 fully saturated rings. The third kappa shape index (κ3) is 3.65. The molecule has 0 saturated heterocycles. The van der Waals surface area contributed by atoms with Gasteiger partial charge in [-0.1, -0.05) is 23.7 Å². The molecule has 162 valence electrons. The van der Waals surface area contributed by atoms with Crippen molar-refractivity contribution < 1.29 is 9.13 Å². The Balaban J connectivity index is 1.55. The van der Waals surface area contributed by atoms with Gasteiger partial charge in [-0.05, 0) is 48.4 Å². The minimum absolute atomic E-state index is 0.220. The summed E-state index contributed by atoms with van der Waals surface area (Å²) in [6, 6.07) is 12.6. The van der Waals surface area contributed by atoms with E-state index in [2.05, 4.69) is 20.6 Å². The molecule has 0 aliphatic carbocycles. The quantitative estimate of drug-likeness (QED) is 0.507. The fraction of sp³-hybridized carbons (Fsp3) is 0.182. The SMILES string of the molecule is Cc1cc(Cl)c(-n2ncccc2=O)cc1Nc1nnc2n1[C@H](c1ccc(F)cc1)COC2. The molecule has 0 bridgehead atoms. The number of rotatable bonds is 4. The van der Waals surface area contributed by atoms with Crippen molar-refractivity contribution in [1.82, 2.24) is 24.5 Å². The highest BCUT2D eigenvalue weighted by atomic mass is 35.5. The van der Waals surface area contributed by atoms with Crippen molar-refractivity contribution >= 4 is 23.2 Å². The van der Waals surface area contributed by atoms with E-state index in [1.807, 2.05) is 11.5 Å². The maximum atomic E-state index is 13.4. The van der Waals surface area contributed by atoms with Gasteiger partial charge in [0.1, 0.15) is 12.4 Å². The highest BCUT2D eigenvalue weighted by Crippen LogP contribution is 2.32. The van der Waals surface area contributed by atoms with Gasteiger partial charge in [-0.3, -0.25) is 9.36 Å². The summed E-state index contributed by atoms with van der Waals surface area (Å²) < 4.78 is 22.3. The molecule has 1 aliphatic heterocycles. The largest absolute Gasteiger partial charge is 0.371 e. The second-order valence-electron chi connectivity index (χ2n) is 7.41. The molecule has 1 aliphatic rings. The van der Waals surface area contributed by atoms with Crippen molar-refractivity contribution in [3.05, 3.63) is 92.9 Å². The topological polar surface area (TPSA) is 86.9 Å². The number of nitrogens with zero attached hydrogens (tertiary/aromatic N) is 5. The van der Waals surface area contributed by atoms with Crippen molar-refractivity contribution in [2.24, 2.45) is 0 Å². The molecule has 1 N–H and O–H groups in total. The Morgan fingerprint density at radius 3 is 2.78 bits per heavy atom. The first kappa shape index (κ1) is 20.3. The van der Waals surface area contributed by atoms with Crippen molar-refractivity contribution in [2.45, 2.75) is 19.6 Å². The van der Waals surface area contributed by atoms with Crippen LogP contribution in [0.5, 0.6) is 0 Å². The van der Waals surface area contributed by atoms with Gasteiger partial charge in [0, 0.05) is 18.0 Å². The van der Waals surface area contributed by atoms with Crippen LogP contribution in [0.3, 0.4) is 0 Å². The average Bonchev–Trinajstić information content (AvgIpc) is 3.20. The van der Waals surface area contributed by atoms with Crippen LogP contribution in [0.1, 0.15) is 23.0 Å².